The maximum atomic E-state index is 4.76. The van der Waals surface area contributed by atoms with Gasteiger partial charge in [-0.15, -0.1) is 5.10 Å². The third kappa shape index (κ3) is 1.66. The first-order valence-corrected chi connectivity index (χ1v) is 6.53. The topological polar surface area (TPSA) is 43.1 Å². The molecule has 0 spiro atoms. The zero-order valence-electron chi connectivity index (χ0n) is 10.8. The van der Waals surface area contributed by atoms with Crippen LogP contribution in [0.3, 0.4) is 0 Å². The fraction of sp³-hybridized carbons (Fsp3) is 0.0625. The number of para-hydroxylation sites is 1. The second kappa shape index (κ2) is 4.42. The van der Waals surface area contributed by atoms with Gasteiger partial charge in [0.25, 0.3) is 0 Å². The molecule has 0 bridgehead atoms. The molecule has 1 aliphatic heterocycles. The Bertz CT molecular complexity index is 787. The molecule has 0 aliphatic carbocycles. The number of hydrogen-bond donors (Lipinski definition) is 0. The van der Waals surface area contributed by atoms with E-state index in [0.717, 1.165) is 28.2 Å². The highest BCUT2D eigenvalue weighted by molar-refractivity contribution is 6.15. The maximum absolute atomic E-state index is 4.76. The van der Waals surface area contributed by atoms with Crippen LogP contribution in [0.15, 0.2) is 65.8 Å². The van der Waals surface area contributed by atoms with Crippen LogP contribution in [0.2, 0.25) is 0 Å². The molecule has 3 aromatic rings. The molecule has 2 heterocycles. The van der Waals surface area contributed by atoms with Crippen LogP contribution >= 0.6 is 0 Å². The summed E-state index contributed by atoms with van der Waals surface area (Å²) in [6.45, 7) is 0.589. The molecular formula is C16H12N4. The van der Waals surface area contributed by atoms with Crippen molar-refractivity contribution in [1.29, 1.82) is 0 Å². The van der Waals surface area contributed by atoms with E-state index in [4.69, 9.17) is 4.99 Å². The van der Waals surface area contributed by atoms with Gasteiger partial charge in [0.05, 0.1) is 29.8 Å². The average molecular weight is 260 g/mol. The van der Waals surface area contributed by atoms with Crippen molar-refractivity contribution >= 4 is 5.71 Å². The number of aliphatic imine (C=N–C) groups is 1. The van der Waals surface area contributed by atoms with Crippen LogP contribution in [0.4, 0.5) is 0 Å². The van der Waals surface area contributed by atoms with Crippen LogP contribution in [0.25, 0.3) is 5.69 Å². The van der Waals surface area contributed by atoms with Gasteiger partial charge in [0.15, 0.2) is 0 Å². The third-order valence-electron chi connectivity index (χ3n) is 3.45. The zero-order chi connectivity index (χ0) is 13.4. The summed E-state index contributed by atoms with van der Waals surface area (Å²) < 4.78 is 1.87. The van der Waals surface area contributed by atoms with Gasteiger partial charge in [0, 0.05) is 11.1 Å². The van der Waals surface area contributed by atoms with E-state index in [1.807, 2.05) is 35.0 Å². The Labute approximate surface area is 116 Å². The molecule has 0 saturated heterocycles. The van der Waals surface area contributed by atoms with E-state index in [0.29, 0.717) is 6.54 Å². The van der Waals surface area contributed by atoms with E-state index in [2.05, 4.69) is 34.6 Å². The van der Waals surface area contributed by atoms with Gasteiger partial charge in [0.1, 0.15) is 0 Å². The Morgan fingerprint density at radius 2 is 1.70 bits per heavy atom. The zero-order valence-corrected chi connectivity index (χ0v) is 10.8. The number of benzene rings is 2. The minimum Gasteiger partial charge on any atom is -0.278 e. The van der Waals surface area contributed by atoms with Crippen LogP contribution in [0.1, 0.15) is 16.8 Å². The van der Waals surface area contributed by atoms with Crippen LogP contribution in [-0.2, 0) is 6.54 Å². The smallest absolute Gasteiger partial charge is 0.0860 e. The van der Waals surface area contributed by atoms with Gasteiger partial charge in [-0.1, -0.05) is 53.7 Å². The van der Waals surface area contributed by atoms with Crippen LogP contribution < -0.4 is 0 Å². The lowest BCUT2D eigenvalue weighted by atomic mass is 10.0. The van der Waals surface area contributed by atoms with Crippen LogP contribution in [-0.4, -0.2) is 20.7 Å². The van der Waals surface area contributed by atoms with Crippen molar-refractivity contribution < 1.29 is 0 Å². The summed E-state index contributed by atoms with van der Waals surface area (Å²) in [5, 5.41) is 8.17. The van der Waals surface area contributed by atoms with Crippen molar-refractivity contribution in [3.63, 3.8) is 0 Å². The standard InChI is InChI=1S/C16H12N4/c1-2-6-12(7-3-1)16-14-8-4-5-9-15(14)20-13(10-17-16)11-18-19-20/h1-9,11H,10H2. The summed E-state index contributed by atoms with van der Waals surface area (Å²) in [5.74, 6) is 0. The Morgan fingerprint density at radius 1 is 0.900 bits per heavy atom. The highest BCUT2D eigenvalue weighted by atomic mass is 15.4. The van der Waals surface area contributed by atoms with Crippen LogP contribution in [0, 0.1) is 0 Å². The summed E-state index contributed by atoms with van der Waals surface area (Å²) in [6.07, 6.45) is 1.77. The first-order chi connectivity index (χ1) is 9.93. The molecule has 0 saturated carbocycles. The van der Waals surface area contributed by atoms with Gasteiger partial charge >= 0.3 is 0 Å². The monoisotopic (exact) mass is 260 g/mol. The van der Waals surface area contributed by atoms with Gasteiger partial charge in [-0.05, 0) is 6.07 Å². The fourth-order valence-electron chi connectivity index (χ4n) is 2.51. The van der Waals surface area contributed by atoms with Gasteiger partial charge in [-0.2, -0.15) is 0 Å². The minimum atomic E-state index is 0.589. The molecule has 96 valence electrons. The van der Waals surface area contributed by atoms with E-state index in [9.17, 15) is 0 Å². The summed E-state index contributed by atoms with van der Waals surface area (Å²) >= 11 is 0. The van der Waals surface area contributed by atoms with Crippen molar-refractivity contribution in [2.75, 3.05) is 0 Å². The maximum Gasteiger partial charge on any atom is 0.0860 e. The van der Waals surface area contributed by atoms with E-state index in [1.54, 1.807) is 6.20 Å². The van der Waals surface area contributed by atoms with Crippen molar-refractivity contribution in [1.82, 2.24) is 15.0 Å². The predicted octanol–water partition coefficient (Wildman–Crippen LogP) is 2.62. The summed E-state index contributed by atoms with van der Waals surface area (Å²) in [7, 11) is 0. The summed E-state index contributed by atoms with van der Waals surface area (Å²) in [4.78, 5) is 4.76. The highest BCUT2D eigenvalue weighted by Crippen LogP contribution is 2.23. The van der Waals surface area contributed by atoms with Gasteiger partial charge in [-0.25, -0.2) is 4.68 Å². The molecule has 1 aliphatic rings. The second-order valence-corrected chi connectivity index (χ2v) is 4.69. The molecule has 2 aromatic carbocycles. The summed E-state index contributed by atoms with van der Waals surface area (Å²) in [6, 6.07) is 18.4. The largest absolute Gasteiger partial charge is 0.278 e. The van der Waals surface area contributed by atoms with Gasteiger partial charge in [0.2, 0.25) is 0 Å². The molecule has 0 radical (unpaired) electrons. The number of aromatic nitrogens is 3. The molecule has 1 aromatic heterocycles. The Hall–Kier alpha value is -2.75. The number of rotatable bonds is 1. The molecule has 4 nitrogen and oxygen atoms in total. The molecule has 0 atom stereocenters. The fourth-order valence-corrected chi connectivity index (χ4v) is 2.51. The predicted molar refractivity (Wildman–Crippen MR) is 77.1 cm³/mol. The first kappa shape index (κ1) is 11.1. The first-order valence-electron chi connectivity index (χ1n) is 6.53. The minimum absolute atomic E-state index is 0.589. The quantitative estimate of drug-likeness (QED) is 0.675. The lowest BCUT2D eigenvalue weighted by molar-refractivity contribution is 0.767. The lowest BCUT2D eigenvalue weighted by Gasteiger charge is -2.10. The van der Waals surface area contributed by atoms with Crippen molar-refractivity contribution in [3.05, 3.63) is 77.6 Å². The number of nitrogens with zero attached hydrogens (tertiary/aromatic N) is 4. The SMILES string of the molecule is c1ccc(C2=NCc3cnnn3-c3ccccc32)cc1. The molecule has 20 heavy (non-hydrogen) atoms. The van der Waals surface area contributed by atoms with E-state index >= 15 is 0 Å². The van der Waals surface area contributed by atoms with Gasteiger partial charge < -0.3 is 0 Å². The highest BCUT2D eigenvalue weighted by Gasteiger charge is 2.18. The van der Waals surface area contributed by atoms with Crippen molar-refractivity contribution in [2.24, 2.45) is 4.99 Å². The third-order valence-corrected chi connectivity index (χ3v) is 3.45. The molecule has 4 heteroatoms. The summed E-state index contributed by atoms with van der Waals surface area (Å²) in [5.41, 5.74) is 5.25. The van der Waals surface area contributed by atoms with Gasteiger partial charge in [-0.3, -0.25) is 4.99 Å². The average Bonchev–Trinajstić information content (AvgIpc) is 2.92. The number of hydrogen-bond acceptors (Lipinski definition) is 3. The van der Waals surface area contributed by atoms with Crippen LogP contribution in [0.5, 0.6) is 0 Å². The lowest BCUT2D eigenvalue weighted by Crippen LogP contribution is -2.07. The second-order valence-electron chi connectivity index (χ2n) is 4.69. The molecule has 0 N–H and O–H groups in total. The van der Waals surface area contributed by atoms with Crippen molar-refractivity contribution in [3.8, 4) is 5.69 Å². The normalized spacial score (nSPS) is 13.1. The molecule has 0 unspecified atom stereocenters. The van der Waals surface area contributed by atoms with Crippen molar-refractivity contribution in [2.45, 2.75) is 6.54 Å². The molecule has 4 rings (SSSR count). The molecule has 0 amide bonds. The molecular weight excluding hydrogens is 248 g/mol. The Morgan fingerprint density at radius 3 is 2.60 bits per heavy atom. The molecule has 0 fully saturated rings. The number of fused-ring (bicyclic) bond motifs is 3. The Kier molecular flexibility index (Phi) is 2.45. The van der Waals surface area contributed by atoms with E-state index < -0.39 is 0 Å². The Balaban J connectivity index is 1.98. The van der Waals surface area contributed by atoms with E-state index in [-0.39, 0.29) is 0 Å². The van der Waals surface area contributed by atoms with E-state index in [1.165, 1.54) is 0 Å².